The maximum atomic E-state index is 11.0. The van der Waals surface area contributed by atoms with Crippen LogP contribution >= 0.6 is 0 Å². The van der Waals surface area contributed by atoms with Gasteiger partial charge in [0.05, 0.1) is 0 Å². The van der Waals surface area contributed by atoms with Crippen LogP contribution in [-0.4, -0.2) is 5.97 Å². The Kier molecular flexibility index (Phi) is 5.62. The van der Waals surface area contributed by atoms with E-state index in [1.807, 2.05) is 30.3 Å². The summed E-state index contributed by atoms with van der Waals surface area (Å²) in [7, 11) is 0. The lowest BCUT2D eigenvalue weighted by atomic mass is 10.0. The average Bonchev–Trinajstić information content (AvgIpc) is 2.29. The fraction of sp³-hybridized carbons (Fsp3) is 0.500. The molecule has 88 valence electrons. The number of hydrogen-bond donors (Lipinski definition) is 0. The number of rotatable bonds is 6. The van der Waals surface area contributed by atoms with Gasteiger partial charge in [-0.1, -0.05) is 50.1 Å². The highest BCUT2D eigenvalue weighted by Crippen LogP contribution is 2.23. The molecule has 16 heavy (non-hydrogen) atoms. The molecule has 0 unspecified atom stereocenters. The van der Waals surface area contributed by atoms with E-state index in [2.05, 4.69) is 6.92 Å². The van der Waals surface area contributed by atoms with Crippen molar-refractivity contribution in [1.82, 2.24) is 0 Å². The van der Waals surface area contributed by atoms with Gasteiger partial charge >= 0.3 is 5.97 Å². The molecule has 0 aromatic heterocycles. The summed E-state index contributed by atoms with van der Waals surface area (Å²) >= 11 is 0. The van der Waals surface area contributed by atoms with Crippen molar-refractivity contribution >= 4 is 5.97 Å². The quantitative estimate of drug-likeness (QED) is 0.537. The summed E-state index contributed by atoms with van der Waals surface area (Å²) in [5, 5.41) is 0. The Balaban J connectivity index is 2.60. The smallest absolute Gasteiger partial charge is 0.303 e. The summed E-state index contributed by atoms with van der Waals surface area (Å²) in [6.45, 7) is 3.64. The van der Waals surface area contributed by atoms with Crippen molar-refractivity contribution in [2.75, 3.05) is 0 Å². The van der Waals surface area contributed by atoms with Crippen molar-refractivity contribution in [3.05, 3.63) is 35.9 Å². The van der Waals surface area contributed by atoms with E-state index >= 15 is 0 Å². The van der Waals surface area contributed by atoms with Crippen molar-refractivity contribution < 1.29 is 9.53 Å². The minimum absolute atomic E-state index is 0.0785. The fourth-order valence-electron chi connectivity index (χ4n) is 1.74. The van der Waals surface area contributed by atoms with Crippen molar-refractivity contribution in [2.45, 2.75) is 45.6 Å². The van der Waals surface area contributed by atoms with Crippen LogP contribution in [0, 0.1) is 0 Å². The Labute approximate surface area is 97.6 Å². The second-order valence-electron chi connectivity index (χ2n) is 4.00. The molecule has 0 fully saturated rings. The zero-order valence-corrected chi connectivity index (χ0v) is 10.1. The molecule has 1 aromatic rings. The second kappa shape index (κ2) is 7.04. The van der Waals surface area contributed by atoms with Crippen molar-refractivity contribution in [3.8, 4) is 0 Å². The van der Waals surface area contributed by atoms with E-state index < -0.39 is 0 Å². The minimum atomic E-state index is -0.203. The third-order valence-electron chi connectivity index (χ3n) is 2.55. The molecule has 0 amide bonds. The molecule has 0 heterocycles. The van der Waals surface area contributed by atoms with Gasteiger partial charge in [-0.15, -0.1) is 0 Å². The third-order valence-corrected chi connectivity index (χ3v) is 2.55. The number of ether oxygens (including phenoxy) is 1. The predicted molar refractivity (Wildman–Crippen MR) is 65.1 cm³/mol. The number of hydrogen-bond acceptors (Lipinski definition) is 2. The van der Waals surface area contributed by atoms with Crippen LogP contribution in [0.1, 0.15) is 51.2 Å². The Bertz CT molecular complexity index is 306. The van der Waals surface area contributed by atoms with Gasteiger partial charge in [0.1, 0.15) is 6.10 Å². The maximum absolute atomic E-state index is 11.0. The van der Waals surface area contributed by atoms with Crippen LogP contribution in [0.5, 0.6) is 0 Å². The van der Waals surface area contributed by atoms with Crippen LogP contribution in [0.2, 0.25) is 0 Å². The molecule has 0 bridgehead atoms. The zero-order chi connectivity index (χ0) is 11.8. The van der Waals surface area contributed by atoms with Crippen LogP contribution < -0.4 is 0 Å². The summed E-state index contributed by atoms with van der Waals surface area (Å²) in [6.07, 6.45) is 4.30. The van der Waals surface area contributed by atoms with E-state index in [4.69, 9.17) is 4.74 Å². The average molecular weight is 220 g/mol. The molecule has 0 spiro atoms. The Morgan fingerprint density at radius 3 is 2.50 bits per heavy atom. The summed E-state index contributed by atoms with van der Waals surface area (Å²) < 4.78 is 5.34. The van der Waals surface area contributed by atoms with Gasteiger partial charge < -0.3 is 4.74 Å². The van der Waals surface area contributed by atoms with E-state index in [0.717, 1.165) is 18.4 Å². The molecule has 0 aliphatic heterocycles. The van der Waals surface area contributed by atoms with Gasteiger partial charge in [-0.25, -0.2) is 0 Å². The van der Waals surface area contributed by atoms with E-state index in [9.17, 15) is 4.79 Å². The molecule has 0 aliphatic carbocycles. The number of carbonyl (C=O) groups excluding carboxylic acids is 1. The molecule has 0 radical (unpaired) electrons. The third kappa shape index (κ3) is 4.47. The first-order valence-corrected chi connectivity index (χ1v) is 5.96. The van der Waals surface area contributed by atoms with Crippen molar-refractivity contribution in [2.24, 2.45) is 0 Å². The lowest BCUT2D eigenvalue weighted by molar-refractivity contribution is -0.147. The van der Waals surface area contributed by atoms with Crippen LogP contribution in [0.3, 0.4) is 0 Å². The summed E-state index contributed by atoms with van der Waals surface area (Å²) in [5.74, 6) is -0.203. The zero-order valence-electron chi connectivity index (χ0n) is 10.1. The molecular formula is C14H20O2. The second-order valence-corrected chi connectivity index (χ2v) is 4.00. The molecule has 0 aliphatic rings. The predicted octanol–water partition coefficient (Wildman–Crippen LogP) is 3.87. The molecule has 0 saturated heterocycles. The molecule has 1 aromatic carbocycles. The highest BCUT2D eigenvalue weighted by atomic mass is 16.5. The van der Waals surface area contributed by atoms with Crippen molar-refractivity contribution in [3.63, 3.8) is 0 Å². The first kappa shape index (κ1) is 12.8. The van der Waals surface area contributed by atoms with Crippen molar-refractivity contribution in [1.29, 1.82) is 0 Å². The van der Waals surface area contributed by atoms with Gasteiger partial charge in [0.2, 0.25) is 0 Å². The Morgan fingerprint density at radius 1 is 1.25 bits per heavy atom. The molecule has 0 saturated carbocycles. The Morgan fingerprint density at radius 2 is 1.94 bits per heavy atom. The van der Waals surface area contributed by atoms with Gasteiger partial charge in [0.15, 0.2) is 0 Å². The van der Waals surface area contributed by atoms with Gasteiger partial charge in [-0.2, -0.15) is 0 Å². The highest BCUT2D eigenvalue weighted by molar-refractivity contribution is 5.66. The molecule has 1 rings (SSSR count). The number of unbranched alkanes of at least 4 members (excludes halogenated alkanes) is 2. The fourth-order valence-corrected chi connectivity index (χ4v) is 1.74. The number of carbonyl (C=O) groups is 1. The minimum Gasteiger partial charge on any atom is -0.458 e. The standard InChI is InChI=1S/C14H20O2/c1-3-4-6-11-14(16-12(2)15)13-9-7-5-8-10-13/h5,7-10,14H,3-4,6,11H2,1-2H3/t14-/m1/s1. The van der Waals surface area contributed by atoms with E-state index in [1.54, 1.807) is 0 Å². The normalized spacial score (nSPS) is 12.1. The van der Waals surface area contributed by atoms with Gasteiger partial charge in [0, 0.05) is 6.92 Å². The molecule has 2 nitrogen and oxygen atoms in total. The Hall–Kier alpha value is -1.31. The van der Waals surface area contributed by atoms with Gasteiger partial charge in [0.25, 0.3) is 0 Å². The highest BCUT2D eigenvalue weighted by Gasteiger charge is 2.13. The monoisotopic (exact) mass is 220 g/mol. The molecule has 2 heteroatoms. The number of esters is 1. The summed E-state index contributed by atoms with van der Waals surface area (Å²) in [6, 6.07) is 9.96. The van der Waals surface area contributed by atoms with E-state index in [1.165, 1.54) is 19.8 Å². The first-order valence-electron chi connectivity index (χ1n) is 5.96. The topological polar surface area (TPSA) is 26.3 Å². The number of benzene rings is 1. The largest absolute Gasteiger partial charge is 0.458 e. The SMILES string of the molecule is CCCCC[C@@H](OC(C)=O)c1ccccc1. The summed E-state index contributed by atoms with van der Waals surface area (Å²) in [4.78, 5) is 11.0. The van der Waals surface area contributed by atoms with Crippen LogP contribution in [0.25, 0.3) is 0 Å². The van der Waals surface area contributed by atoms with Crippen LogP contribution in [-0.2, 0) is 9.53 Å². The van der Waals surface area contributed by atoms with Crippen LogP contribution in [0.4, 0.5) is 0 Å². The van der Waals surface area contributed by atoms with E-state index in [-0.39, 0.29) is 12.1 Å². The molecule has 0 N–H and O–H groups in total. The lowest BCUT2D eigenvalue weighted by Gasteiger charge is -2.17. The lowest BCUT2D eigenvalue weighted by Crippen LogP contribution is -2.08. The summed E-state index contributed by atoms with van der Waals surface area (Å²) in [5.41, 5.74) is 1.09. The van der Waals surface area contributed by atoms with Gasteiger partial charge in [-0.3, -0.25) is 4.79 Å². The van der Waals surface area contributed by atoms with Crippen LogP contribution in [0.15, 0.2) is 30.3 Å². The van der Waals surface area contributed by atoms with Gasteiger partial charge in [-0.05, 0) is 18.4 Å². The molecular weight excluding hydrogens is 200 g/mol. The molecule has 1 atom stereocenters. The maximum Gasteiger partial charge on any atom is 0.303 e. The first-order chi connectivity index (χ1) is 7.74. The van der Waals surface area contributed by atoms with E-state index in [0.29, 0.717) is 0 Å².